The summed E-state index contributed by atoms with van der Waals surface area (Å²) in [7, 11) is 3.82. The second kappa shape index (κ2) is 10.1. The standard InChI is InChI=1S/C18H31N3O/c1-6-8-13-21(4)18(19-7-2)20-12-11-16-10-9-15(3)17(14-16)22-5/h9-10,14H,6-8,11-13H2,1-5H3,(H,19,20). The maximum absolute atomic E-state index is 5.38. The highest BCUT2D eigenvalue weighted by Crippen LogP contribution is 2.19. The van der Waals surface area contributed by atoms with Gasteiger partial charge in [0.25, 0.3) is 0 Å². The third kappa shape index (κ3) is 5.96. The van der Waals surface area contributed by atoms with Gasteiger partial charge in [-0.3, -0.25) is 4.99 Å². The number of nitrogens with zero attached hydrogens (tertiary/aromatic N) is 2. The summed E-state index contributed by atoms with van der Waals surface area (Å²) in [6.45, 7) is 9.10. The van der Waals surface area contributed by atoms with Crippen molar-refractivity contribution < 1.29 is 4.74 Å². The summed E-state index contributed by atoms with van der Waals surface area (Å²) >= 11 is 0. The van der Waals surface area contributed by atoms with E-state index in [1.54, 1.807) is 7.11 Å². The number of benzene rings is 1. The zero-order valence-electron chi connectivity index (χ0n) is 14.8. The topological polar surface area (TPSA) is 36.9 Å². The fourth-order valence-corrected chi connectivity index (χ4v) is 2.28. The molecule has 0 atom stereocenters. The maximum Gasteiger partial charge on any atom is 0.193 e. The lowest BCUT2D eigenvalue weighted by molar-refractivity contribution is 0.411. The van der Waals surface area contributed by atoms with Crippen LogP contribution in [-0.4, -0.2) is 44.7 Å². The van der Waals surface area contributed by atoms with Crippen molar-refractivity contribution in [1.29, 1.82) is 0 Å². The number of ether oxygens (including phenoxy) is 1. The number of aliphatic imine (C=N–C) groups is 1. The largest absolute Gasteiger partial charge is 0.496 e. The molecule has 1 aromatic rings. The lowest BCUT2D eigenvalue weighted by atomic mass is 10.1. The Hall–Kier alpha value is -1.71. The first-order chi connectivity index (χ1) is 10.6. The summed E-state index contributed by atoms with van der Waals surface area (Å²) < 4.78 is 5.38. The third-order valence-corrected chi connectivity index (χ3v) is 3.68. The van der Waals surface area contributed by atoms with E-state index < -0.39 is 0 Å². The molecule has 0 unspecified atom stereocenters. The molecule has 0 aromatic heterocycles. The van der Waals surface area contributed by atoms with Gasteiger partial charge in [0.2, 0.25) is 0 Å². The summed E-state index contributed by atoms with van der Waals surface area (Å²) in [5.41, 5.74) is 2.43. The quantitative estimate of drug-likeness (QED) is 0.592. The van der Waals surface area contributed by atoms with Crippen molar-refractivity contribution in [3.8, 4) is 5.75 Å². The minimum atomic E-state index is 0.783. The molecule has 0 saturated heterocycles. The minimum absolute atomic E-state index is 0.783. The Morgan fingerprint density at radius 1 is 1.32 bits per heavy atom. The lowest BCUT2D eigenvalue weighted by Gasteiger charge is -2.21. The van der Waals surface area contributed by atoms with E-state index in [1.165, 1.54) is 24.0 Å². The molecule has 1 aromatic carbocycles. The van der Waals surface area contributed by atoms with Crippen molar-refractivity contribution in [3.63, 3.8) is 0 Å². The Morgan fingerprint density at radius 3 is 2.73 bits per heavy atom. The highest BCUT2D eigenvalue weighted by atomic mass is 16.5. The number of nitrogens with one attached hydrogen (secondary N) is 1. The number of rotatable bonds is 8. The van der Waals surface area contributed by atoms with Crippen LogP contribution >= 0.6 is 0 Å². The van der Waals surface area contributed by atoms with Gasteiger partial charge in [0.15, 0.2) is 5.96 Å². The van der Waals surface area contributed by atoms with Crippen LogP contribution in [0.3, 0.4) is 0 Å². The second-order valence-electron chi connectivity index (χ2n) is 5.56. The predicted octanol–water partition coefficient (Wildman–Crippen LogP) is 3.24. The van der Waals surface area contributed by atoms with Gasteiger partial charge in [-0.25, -0.2) is 0 Å². The van der Waals surface area contributed by atoms with Crippen LogP contribution in [0.5, 0.6) is 5.75 Å². The Morgan fingerprint density at radius 2 is 2.09 bits per heavy atom. The molecular formula is C18H31N3O. The highest BCUT2D eigenvalue weighted by molar-refractivity contribution is 5.79. The average Bonchev–Trinajstić information content (AvgIpc) is 2.53. The van der Waals surface area contributed by atoms with Gasteiger partial charge in [-0.2, -0.15) is 0 Å². The Labute approximate surface area is 135 Å². The first-order valence-electron chi connectivity index (χ1n) is 8.25. The summed E-state index contributed by atoms with van der Waals surface area (Å²) in [6.07, 6.45) is 3.32. The van der Waals surface area contributed by atoms with E-state index in [4.69, 9.17) is 9.73 Å². The second-order valence-corrected chi connectivity index (χ2v) is 5.56. The molecule has 124 valence electrons. The van der Waals surface area contributed by atoms with E-state index in [9.17, 15) is 0 Å². The molecule has 0 aliphatic carbocycles. The predicted molar refractivity (Wildman–Crippen MR) is 95.0 cm³/mol. The van der Waals surface area contributed by atoms with Gasteiger partial charge in [-0.1, -0.05) is 25.5 Å². The van der Waals surface area contributed by atoms with Crippen LogP contribution in [-0.2, 0) is 6.42 Å². The first kappa shape index (κ1) is 18.3. The lowest BCUT2D eigenvalue weighted by Crippen LogP contribution is -2.39. The van der Waals surface area contributed by atoms with E-state index in [0.717, 1.165) is 37.8 Å². The number of guanidine groups is 1. The molecule has 0 amide bonds. The van der Waals surface area contributed by atoms with E-state index in [1.807, 2.05) is 0 Å². The van der Waals surface area contributed by atoms with Crippen molar-refractivity contribution in [1.82, 2.24) is 10.2 Å². The molecule has 0 saturated carbocycles. The zero-order chi connectivity index (χ0) is 16.4. The zero-order valence-corrected chi connectivity index (χ0v) is 14.8. The Kier molecular flexibility index (Phi) is 8.41. The van der Waals surface area contributed by atoms with Gasteiger partial charge in [0.05, 0.1) is 7.11 Å². The Bertz CT molecular complexity index is 471. The van der Waals surface area contributed by atoms with Crippen LogP contribution in [0.15, 0.2) is 23.2 Å². The molecular weight excluding hydrogens is 274 g/mol. The number of hydrogen-bond acceptors (Lipinski definition) is 2. The Balaban J connectivity index is 2.63. The van der Waals surface area contributed by atoms with Gasteiger partial charge < -0.3 is 15.0 Å². The van der Waals surface area contributed by atoms with Crippen molar-refractivity contribution in [2.75, 3.05) is 33.8 Å². The van der Waals surface area contributed by atoms with Crippen molar-refractivity contribution in [3.05, 3.63) is 29.3 Å². The van der Waals surface area contributed by atoms with Gasteiger partial charge in [0.1, 0.15) is 5.75 Å². The summed E-state index contributed by atoms with van der Waals surface area (Å²) in [5, 5.41) is 3.36. The van der Waals surface area contributed by atoms with Crippen molar-refractivity contribution >= 4 is 5.96 Å². The molecule has 0 aliphatic rings. The maximum atomic E-state index is 5.38. The SMILES string of the molecule is CCCCN(C)C(=NCCc1ccc(C)c(OC)c1)NCC. The van der Waals surface area contributed by atoms with Gasteiger partial charge in [-0.05, 0) is 43.9 Å². The number of methoxy groups -OCH3 is 1. The smallest absolute Gasteiger partial charge is 0.193 e. The first-order valence-corrected chi connectivity index (χ1v) is 8.25. The molecule has 0 aliphatic heterocycles. The molecule has 4 heteroatoms. The van der Waals surface area contributed by atoms with Gasteiger partial charge >= 0.3 is 0 Å². The van der Waals surface area contributed by atoms with Crippen molar-refractivity contribution in [2.24, 2.45) is 4.99 Å². The van der Waals surface area contributed by atoms with E-state index >= 15 is 0 Å². The molecule has 0 spiro atoms. The van der Waals surface area contributed by atoms with Crippen LogP contribution in [0.1, 0.15) is 37.8 Å². The van der Waals surface area contributed by atoms with Crippen LogP contribution in [0.4, 0.5) is 0 Å². The van der Waals surface area contributed by atoms with E-state index in [-0.39, 0.29) is 0 Å². The highest BCUT2D eigenvalue weighted by Gasteiger charge is 2.05. The van der Waals surface area contributed by atoms with Crippen LogP contribution in [0.2, 0.25) is 0 Å². The molecule has 4 nitrogen and oxygen atoms in total. The summed E-state index contributed by atoms with van der Waals surface area (Å²) in [6, 6.07) is 6.37. The van der Waals surface area contributed by atoms with Crippen molar-refractivity contribution in [2.45, 2.75) is 40.0 Å². The number of unbranched alkanes of at least 4 members (excludes halogenated alkanes) is 1. The van der Waals surface area contributed by atoms with E-state index in [2.05, 4.69) is 56.2 Å². The molecule has 22 heavy (non-hydrogen) atoms. The van der Waals surface area contributed by atoms with Gasteiger partial charge in [0, 0.05) is 26.7 Å². The minimum Gasteiger partial charge on any atom is -0.496 e. The normalized spacial score (nSPS) is 11.4. The van der Waals surface area contributed by atoms with Crippen LogP contribution in [0.25, 0.3) is 0 Å². The van der Waals surface area contributed by atoms with E-state index in [0.29, 0.717) is 0 Å². The molecule has 0 bridgehead atoms. The fraction of sp³-hybridized carbons (Fsp3) is 0.611. The van der Waals surface area contributed by atoms with Gasteiger partial charge in [-0.15, -0.1) is 0 Å². The number of aryl methyl sites for hydroxylation is 1. The molecule has 1 N–H and O–H groups in total. The average molecular weight is 305 g/mol. The monoisotopic (exact) mass is 305 g/mol. The fourth-order valence-electron chi connectivity index (χ4n) is 2.28. The van der Waals surface area contributed by atoms with Crippen LogP contribution < -0.4 is 10.1 Å². The molecule has 1 rings (SSSR count). The molecule has 0 radical (unpaired) electrons. The summed E-state index contributed by atoms with van der Waals surface area (Å²) in [4.78, 5) is 6.94. The number of hydrogen-bond donors (Lipinski definition) is 1. The third-order valence-electron chi connectivity index (χ3n) is 3.68. The van der Waals surface area contributed by atoms with Crippen LogP contribution in [0, 0.1) is 6.92 Å². The molecule has 0 fully saturated rings. The molecule has 0 heterocycles. The summed E-state index contributed by atoms with van der Waals surface area (Å²) in [5.74, 6) is 1.95.